The molecule has 0 aliphatic heterocycles. The van der Waals surface area contributed by atoms with Crippen molar-refractivity contribution in [1.29, 1.82) is 0 Å². The van der Waals surface area contributed by atoms with Crippen LogP contribution in [-0.2, 0) is 9.59 Å². The third-order valence-corrected chi connectivity index (χ3v) is 1.59. The molecule has 0 radical (unpaired) electrons. The fourth-order valence-corrected chi connectivity index (χ4v) is 1.28. The zero-order valence-electron chi connectivity index (χ0n) is 10.8. The van der Waals surface area contributed by atoms with Gasteiger partial charge in [0.2, 0.25) is 0 Å². The van der Waals surface area contributed by atoms with Gasteiger partial charge in [-0.3, -0.25) is 4.79 Å². The van der Waals surface area contributed by atoms with Gasteiger partial charge in [0.05, 0.1) is 22.5 Å². The number of likely N-dealkylation sites (N-methyl/N-ethyl adjacent to an activating group) is 1. The standard InChI is InChI=1S/C9H17NO4/c1-6(11)9(10(2,3)4)7(12)5-8(13)14/h7,9,12H,5H2,1-4H3/i7D,9D. The van der Waals surface area contributed by atoms with Crippen LogP contribution in [-0.4, -0.2) is 54.6 Å². The minimum atomic E-state index is -2.74. The van der Waals surface area contributed by atoms with Crippen molar-refractivity contribution >= 4 is 11.8 Å². The van der Waals surface area contributed by atoms with E-state index in [1.54, 1.807) is 0 Å². The highest BCUT2D eigenvalue weighted by Crippen LogP contribution is 2.11. The van der Waals surface area contributed by atoms with Crippen molar-refractivity contribution in [3.63, 3.8) is 0 Å². The summed E-state index contributed by atoms with van der Waals surface area (Å²) in [6.45, 7) is 1.05. The second-order valence-electron chi connectivity index (χ2n) is 3.91. The third-order valence-electron chi connectivity index (χ3n) is 1.59. The predicted octanol–water partition coefficient (Wildman–Crippen LogP) is -1.85. The van der Waals surface area contributed by atoms with Crippen LogP contribution in [0.5, 0.6) is 0 Å². The molecule has 0 heterocycles. The van der Waals surface area contributed by atoms with Crippen LogP contribution in [0.15, 0.2) is 0 Å². The summed E-state index contributed by atoms with van der Waals surface area (Å²) in [6.07, 6.45) is -3.83. The minimum Gasteiger partial charge on any atom is -0.550 e. The Morgan fingerprint density at radius 1 is 1.50 bits per heavy atom. The second kappa shape index (κ2) is 4.52. The molecule has 14 heavy (non-hydrogen) atoms. The van der Waals surface area contributed by atoms with Gasteiger partial charge in [0.15, 0.2) is 11.8 Å². The molecule has 0 amide bonds. The predicted molar refractivity (Wildman–Crippen MR) is 48.1 cm³/mol. The maximum absolute atomic E-state index is 11.4. The number of carboxylic acids is 1. The summed E-state index contributed by atoms with van der Waals surface area (Å²) in [5.41, 5.74) is 0. The molecule has 82 valence electrons. The number of rotatable bonds is 5. The Balaban J connectivity index is 5.54. The lowest BCUT2D eigenvalue weighted by Gasteiger charge is -2.35. The molecule has 0 aromatic carbocycles. The van der Waals surface area contributed by atoms with E-state index in [0.29, 0.717) is 0 Å². The van der Waals surface area contributed by atoms with E-state index in [9.17, 15) is 19.8 Å². The quantitative estimate of drug-likeness (QED) is 0.535. The van der Waals surface area contributed by atoms with Crippen LogP contribution in [0.25, 0.3) is 0 Å². The first-order valence-corrected chi connectivity index (χ1v) is 4.11. The van der Waals surface area contributed by atoms with Crippen LogP contribution >= 0.6 is 0 Å². The van der Waals surface area contributed by atoms with E-state index in [2.05, 4.69) is 0 Å². The molecule has 0 spiro atoms. The molecule has 0 rings (SSSR count). The van der Waals surface area contributed by atoms with E-state index in [4.69, 9.17) is 2.74 Å². The number of quaternary nitrogens is 1. The van der Waals surface area contributed by atoms with E-state index in [1.807, 2.05) is 0 Å². The molecular formula is C9H17NO4. The number of Topliss-reactive ketones (excluding diaryl/α,β-unsaturated/α-hetero) is 1. The molecule has 0 bridgehead atoms. The van der Waals surface area contributed by atoms with Crippen molar-refractivity contribution in [1.82, 2.24) is 0 Å². The molecule has 1 N–H and O–H groups in total. The first kappa shape index (κ1) is 9.61. The Hall–Kier alpha value is -0.940. The zero-order valence-corrected chi connectivity index (χ0v) is 8.83. The van der Waals surface area contributed by atoms with Crippen LogP contribution in [0.4, 0.5) is 0 Å². The number of hydrogen-bond acceptors (Lipinski definition) is 4. The van der Waals surface area contributed by atoms with Gasteiger partial charge < -0.3 is 19.5 Å². The summed E-state index contributed by atoms with van der Waals surface area (Å²) in [7, 11) is 4.30. The van der Waals surface area contributed by atoms with Crippen molar-refractivity contribution in [3.05, 3.63) is 0 Å². The summed E-state index contributed by atoms with van der Waals surface area (Å²) >= 11 is 0. The molecular weight excluding hydrogens is 186 g/mol. The van der Waals surface area contributed by atoms with Crippen LogP contribution in [0, 0.1) is 0 Å². The summed E-state index contributed by atoms with van der Waals surface area (Å²) < 4.78 is 15.0. The van der Waals surface area contributed by atoms with Crippen LogP contribution in [0.3, 0.4) is 0 Å². The third kappa shape index (κ3) is 3.85. The fraction of sp³-hybridized carbons (Fsp3) is 0.778. The maximum Gasteiger partial charge on any atom is 0.189 e. The minimum absolute atomic E-state index is 0.379. The molecule has 2 unspecified atom stereocenters. The van der Waals surface area contributed by atoms with Crippen molar-refractivity contribution in [2.45, 2.75) is 25.4 Å². The van der Waals surface area contributed by atoms with Crippen LogP contribution < -0.4 is 5.11 Å². The number of carbonyl (C=O) groups excluding carboxylic acids is 2. The number of ketones is 1. The molecule has 5 nitrogen and oxygen atoms in total. The number of aliphatic hydroxyl groups is 1. The lowest BCUT2D eigenvalue weighted by molar-refractivity contribution is -0.889. The maximum atomic E-state index is 11.4. The van der Waals surface area contributed by atoms with Gasteiger partial charge >= 0.3 is 0 Å². The fourth-order valence-electron chi connectivity index (χ4n) is 1.28. The normalized spacial score (nSPS) is 22.6. The molecule has 5 heteroatoms. The van der Waals surface area contributed by atoms with Crippen molar-refractivity contribution in [2.24, 2.45) is 0 Å². The van der Waals surface area contributed by atoms with E-state index < -0.39 is 30.3 Å². The Bertz CT molecular complexity index is 311. The average Bonchev–Trinajstić information content (AvgIpc) is 1.97. The molecule has 0 fully saturated rings. The summed E-state index contributed by atoms with van der Waals surface area (Å²) in [4.78, 5) is 21.9. The molecule has 0 aromatic heterocycles. The number of aliphatic carboxylic acids is 1. The second-order valence-corrected chi connectivity index (χ2v) is 3.91. The lowest BCUT2D eigenvalue weighted by atomic mass is 10.0. The Kier molecular flexibility index (Phi) is 3.10. The van der Waals surface area contributed by atoms with Crippen molar-refractivity contribution < 1.29 is 27.0 Å². The van der Waals surface area contributed by atoms with Crippen molar-refractivity contribution in [2.75, 3.05) is 21.1 Å². The van der Waals surface area contributed by atoms with Crippen LogP contribution in [0.2, 0.25) is 0 Å². The lowest BCUT2D eigenvalue weighted by Crippen LogP contribution is -2.56. The van der Waals surface area contributed by atoms with Gasteiger partial charge in [-0.05, 0) is 0 Å². The van der Waals surface area contributed by atoms with Gasteiger partial charge in [-0.2, -0.15) is 0 Å². The number of hydrogen-bond donors (Lipinski definition) is 1. The highest BCUT2D eigenvalue weighted by molar-refractivity contribution is 5.81. The highest BCUT2D eigenvalue weighted by Gasteiger charge is 2.35. The van der Waals surface area contributed by atoms with E-state index in [-0.39, 0.29) is 4.48 Å². The molecule has 0 saturated heterocycles. The molecule has 0 aromatic rings. The zero-order chi connectivity index (χ0) is 13.4. The molecule has 2 atom stereocenters. The van der Waals surface area contributed by atoms with Crippen LogP contribution in [0.1, 0.15) is 16.1 Å². The van der Waals surface area contributed by atoms with Gasteiger partial charge in [0.25, 0.3) is 0 Å². The SMILES string of the molecule is [2H]C(O)(CC(=O)[O-])C([2H])(C(C)=O)[N+](C)(C)C. The summed E-state index contributed by atoms with van der Waals surface area (Å²) in [6, 6.07) is -2.28. The average molecular weight is 205 g/mol. The van der Waals surface area contributed by atoms with E-state index >= 15 is 0 Å². The molecule has 0 saturated carbocycles. The van der Waals surface area contributed by atoms with Gasteiger partial charge in [-0.1, -0.05) is 0 Å². The van der Waals surface area contributed by atoms with E-state index in [1.165, 1.54) is 21.1 Å². The topological polar surface area (TPSA) is 77.4 Å². The first-order chi connectivity index (χ1) is 6.86. The number of carboxylic acid groups (broad SMARTS) is 1. The Labute approximate surface area is 86.4 Å². The first-order valence-electron chi connectivity index (χ1n) is 5.11. The van der Waals surface area contributed by atoms with Gasteiger partial charge in [-0.25, -0.2) is 0 Å². The Morgan fingerprint density at radius 2 is 1.93 bits per heavy atom. The van der Waals surface area contributed by atoms with E-state index in [0.717, 1.165) is 6.92 Å². The monoisotopic (exact) mass is 205 g/mol. The molecule has 0 aliphatic carbocycles. The number of nitrogens with zero attached hydrogens (tertiary/aromatic N) is 1. The Morgan fingerprint density at radius 3 is 2.14 bits per heavy atom. The molecule has 0 aliphatic rings. The largest absolute Gasteiger partial charge is 0.550 e. The number of carbonyl (C=O) groups is 2. The van der Waals surface area contributed by atoms with Crippen molar-refractivity contribution in [3.8, 4) is 0 Å². The van der Waals surface area contributed by atoms with Gasteiger partial charge in [0.1, 0.15) is 7.45 Å². The van der Waals surface area contributed by atoms with Gasteiger partial charge in [-0.15, -0.1) is 0 Å². The summed E-state index contributed by atoms with van der Waals surface area (Å²) in [5, 5.41) is 20.2. The smallest absolute Gasteiger partial charge is 0.189 e. The highest BCUT2D eigenvalue weighted by atomic mass is 16.4. The summed E-state index contributed by atoms with van der Waals surface area (Å²) in [5.74, 6) is -2.46. The van der Waals surface area contributed by atoms with Gasteiger partial charge in [0, 0.05) is 19.3 Å².